The molecule has 3 rings (SSSR count). The average Bonchev–Trinajstić information content (AvgIpc) is 2.47. The van der Waals surface area contributed by atoms with E-state index in [0.717, 1.165) is 6.07 Å². The molecule has 1 unspecified atom stereocenters. The lowest BCUT2D eigenvalue weighted by molar-refractivity contribution is 0.166. The van der Waals surface area contributed by atoms with Gasteiger partial charge in [-0.25, -0.2) is 12.8 Å². The van der Waals surface area contributed by atoms with Crippen molar-refractivity contribution < 1.29 is 17.9 Å². The normalized spacial score (nSPS) is 17.9. The molecule has 0 radical (unpaired) electrons. The molecule has 0 spiro atoms. The van der Waals surface area contributed by atoms with Gasteiger partial charge in [-0.2, -0.15) is 0 Å². The highest BCUT2D eigenvalue weighted by Gasteiger charge is 2.33. The van der Waals surface area contributed by atoms with E-state index < -0.39 is 21.9 Å². The average molecular weight is 356 g/mol. The van der Waals surface area contributed by atoms with Crippen molar-refractivity contribution >= 4 is 27.3 Å². The summed E-state index contributed by atoms with van der Waals surface area (Å²) >= 11 is 5.94. The predicted octanol–water partition coefficient (Wildman–Crippen LogP) is 3.42. The van der Waals surface area contributed by atoms with Crippen molar-refractivity contribution in [2.45, 2.75) is 24.3 Å². The number of rotatable bonds is 2. The van der Waals surface area contributed by atoms with Crippen LogP contribution >= 0.6 is 11.6 Å². The Morgan fingerprint density at radius 1 is 1.26 bits per heavy atom. The molecule has 23 heavy (non-hydrogen) atoms. The number of hydrogen-bond acceptors (Lipinski definition) is 3. The van der Waals surface area contributed by atoms with Gasteiger partial charge in [-0.1, -0.05) is 11.6 Å². The van der Waals surface area contributed by atoms with E-state index in [2.05, 4.69) is 0 Å². The van der Waals surface area contributed by atoms with E-state index in [-0.39, 0.29) is 17.9 Å². The van der Waals surface area contributed by atoms with Gasteiger partial charge in [-0.15, -0.1) is 0 Å². The predicted molar refractivity (Wildman–Crippen MR) is 86.7 cm³/mol. The first-order valence-corrected chi connectivity index (χ1v) is 8.89. The molecule has 0 fully saturated rings. The van der Waals surface area contributed by atoms with Crippen molar-refractivity contribution in [3.05, 3.63) is 58.4 Å². The third kappa shape index (κ3) is 2.82. The Hall–Kier alpha value is -1.63. The van der Waals surface area contributed by atoms with E-state index in [4.69, 9.17) is 11.6 Å². The number of aliphatic hydroxyl groups excluding tert-OH is 1. The fourth-order valence-electron chi connectivity index (χ4n) is 2.81. The minimum absolute atomic E-state index is 0.0520. The molecule has 1 heterocycles. The second-order valence-corrected chi connectivity index (χ2v) is 7.76. The summed E-state index contributed by atoms with van der Waals surface area (Å²) in [7, 11) is -3.85. The van der Waals surface area contributed by atoms with Crippen LogP contribution in [0.15, 0.2) is 41.3 Å². The van der Waals surface area contributed by atoms with Gasteiger partial charge in [0.15, 0.2) is 0 Å². The molecular formula is C16H15ClFNO3S. The molecule has 1 atom stereocenters. The monoisotopic (exact) mass is 355 g/mol. The summed E-state index contributed by atoms with van der Waals surface area (Å²) in [4.78, 5) is 0.0520. The second kappa shape index (κ2) is 5.78. The van der Waals surface area contributed by atoms with Crippen LogP contribution in [0, 0.1) is 12.7 Å². The number of halogens is 2. The highest BCUT2D eigenvalue weighted by molar-refractivity contribution is 7.92. The van der Waals surface area contributed by atoms with Gasteiger partial charge in [-0.05, 0) is 55.3 Å². The summed E-state index contributed by atoms with van der Waals surface area (Å²) in [5.74, 6) is -0.484. The molecule has 0 amide bonds. The maximum Gasteiger partial charge on any atom is 0.264 e. The Labute approximate surface area is 139 Å². The minimum Gasteiger partial charge on any atom is -0.388 e. The summed E-state index contributed by atoms with van der Waals surface area (Å²) in [5, 5.41) is 10.5. The van der Waals surface area contributed by atoms with E-state index in [0.29, 0.717) is 21.8 Å². The maximum atomic E-state index is 13.3. The van der Waals surface area contributed by atoms with Gasteiger partial charge in [0.25, 0.3) is 10.0 Å². The van der Waals surface area contributed by atoms with Crippen LogP contribution in [0.5, 0.6) is 0 Å². The molecule has 4 nitrogen and oxygen atoms in total. The molecular weight excluding hydrogens is 341 g/mol. The smallest absolute Gasteiger partial charge is 0.264 e. The van der Waals surface area contributed by atoms with Gasteiger partial charge in [0.2, 0.25) is 0 Å². The van der Waals surface area contributed by atoms with E-state index in [1.165, 1.54) is 16.4 Å². The minimum atomic E-state index is -3.85. The van der Waals surface area contributed by atoms with Crippen molar-refractivity contribution in [2.75, 3.05) is 10.8 Å². The Balaban J connectivity index is 2.13. The van der Waals surface area contributed by atoms with Crippen LogP contribution in [0.4, 0.5) is 10.1 Å². The van der Waals surface area contributed by atoms with Gasteiger partial charge in [0, 0.05) is 17.1 Å². The Bertz CT molecular complexity index is 870. The number of anilines is 1. The molecule has 0 saturated heterocycles. The van der Waals surface area contributed by atoms with Crippen molar-refractivity contribution in [3.8, 4) is 0 Å². The highest BCUT2D eigenvalue weighted by atomic mass is 35.5. The van der Waals surface area contributed by atoms with Crippen LogP contribution in [0.3, 0.4) is 0 Å². The van der Waals surface area contributed by atoms with E-state index in [9.17, 15) is 17.9 Å². The first kappa shape index (κ1) is 16.2. The first-order valence-electron chi connectivity index (χ1n) is 7.07. The molecule has 2 aromatic carbocycles. The molecule has 7 heteroatoms. The van der Waals surface area contributed by atoms with Crippen molar-refractivity contribution in [1.82, 2.24) is 0 Å². The van der Waals surface area contributed by atoms with Gasteiger partial charge in [0.1, 0.15) is 5.82 Å². The summed E-state index contributed by atoms with van der Waals surface area (Å²) in [6.45, 7) is 1.70. The lowest BCUT2D eigenvalue weighted by atomic mass is 10.0. The van der Waals surface area contributed by atoms with Gasteiger partial charge in [-0.3, -0.25) is 4.31 Å². The molecule has 1 aliphatic rings. The van der Waals surface area contributed by atoms with Crippen LogP contribution in [-0.2, 0) is 10.0 Å². The van der Waals surface area contributed by atoms with Crippen LogP contribution in [0.25, 0.3) is 0 Å². The topological polar surface area (TPSA) is 57.6 Å². The third-order valence-electron chi connectivity index (χ3n) is 3.93. The van der Waals surface area contributed by atoms with Gasteiger partial charge >= 0.3 is 0 Å². The number of aryl methyl sites for hydroxylation is 1. The number of benzene rings is 2. The fraction of sp³-hybridized carbons (Fsp3) is 0.250. The van der Waals surface area contributed by atoms with Crippen molar-refractivity contribution in [3.63, 3.8) is 0 Å². The van der Waals surface area contributed by atoms with Crippen molar-refractivity contribution in [2.24, 2.45) is 0 Å². The number of aliphatic hydroxyl groups is 1. The summed E-state index contributed by atoms with van der Waals surface area (Å²) in [6, 6.07) is 8.31. The van der Waals surface area contributed by atoms with Crippen LogP contribution in [-0.4, -0.2) is 20.1 Å². The summed E-state index contributed by atoms with van der Waals surface area (Å²) in [5.41, 5.74) is 1.22. The van der Waals surface area contributed by atoms with Gasteiger partial charge in [0.05, 0.1) is 16.7 Å². The lowest BCUT2D eigenvalue weighted by Crippen LogP contribution is -2.37. The molecule has 2 aromatic rings. The Kier molecular flexibility index (Phi) is 4.08. The Morgan fingerprint density at radius 3 is 2.70 bits per heavy atom. The number of fused-ring (bicyclic) bond motifs is 1. The number of sulfonamides is 1. The SMILES string of the molecule is Cc1cc(F)ccc1S(=O)(=O)N1CCC(O)c2cc(Cl)ccc21. The molecule has 0 aliphatic carbocycles. The van der Waals surface area contributed by atoms with E-state index in [1.54, 1.807) is 25.1 Å². The maximum absolute atomic E-state index is 13.3. The zero-order chi connectivity index (χ0) is 16.8. The molecule has 1 N–H and O–H groups in total. The summed E-state index contributed by atoms with van der Waals surface area (Å²) < 4.78 is 40.4. The molecule has 0 saturated carbocycles. The molecule has 1 aliphatic heterocycles. The first-order chi connectivity index (χ1) is 10.8. The molecule has 122 valence electrons. The number of nitrogens with zero attached hydrogens (tertiary/aromatic N) is 1. The summed E-state index contributed by atoms with van der Waals surface area (Å²) in [6.07, 6.45) is -0.489. The van der Waals surface area contributed by atoms with Gasteiger partial charge < -0.3 is 5.11 Å². The number of hydrogen-bond donors (Lipinski definition) is 1. The van der Waals surface area contributed by atoms with Crippen LogP contribution in [0.2, 0.25) is 5.02 Å². The quantitative estimate of drug-likeness (QED) is 0.898. The highest BCUT2D eigenvalue weighted by Crippen LogP contribution is 2.38. The molecule has 0 aromatic heterocycles. The Morgan fingerprint density at radius 2 is 2.00 bits per heavy atom. The second-order valence-electron chi connectivity index (χ2n) is 5.49. The van der Waals surface area contributed by atoms with Crippen LogP contribution in [0.1, 0.15) is 23.7 Å². The van der Waals surface area contributed by atoms with Crippen molar-refractivity contribution in [1.29, 1.82) is 0 Å². The lowest BCUT2D eigenvalue weighted by Gasteiger charge is -2.33. The molecule has 0 bridgehead atoms. The van der Waals surface area contributed by atoms with E-state index in [1.807, 2.05) is 0 Å². The largest absolute Gasteiger partial charge is 0.388 e. The van der Waals surface area contributed by atoms with Crippen LogP contribution < -0.4 is 4.31 Å². The van der Waals surface area contributed by atoms with E-state index >= 15 is 0 Å². The zero-order valence-electron chi connectivity index (χ0n) is 12.3. The zero-order valence-corrected chi connectivity index (χ0v) is 13.9. The third-order valence-corrected chi connectivity index (χ3v) is 6.14. The standard InChI is InChI=1S/C16H15ClFNO3S/c1-10-8-12(18)3-5-16(10)23(21,22)19-7-6-15(20)13-9-11(17)2-4-14(13)19/h2-5,8-9,15,20H,6-7H2,1H3. The fourth-order valence-corrected chi connectivity index (χ4v) is 4.70.